The van der Waals surface area contributed by atoms with E-state index in [1.807, 2.05) is 24.7 Å². The molecule has 2 atom stereocenters. The number of rotatable bonds is 7. The van der Waals surface area contributed by atoms with Gasteiger partial charge in [-0.05, 0) is 44.0 Å². The van der Waals surface area contributed by atoms with E-state index in [4.69, 9.17) is 4.99 Å². The SMILES string of the molecule is CCNC(=NCCN(C)Cc1ccc(F)cc1)N1CCC(C)C(n2ccnc2)C1.I. The summed E-state index contributed by atoms with van der Waals surface area (Å²) in [7, 11) is 2.07. The highest BCUT2D eigenvalue weighted by molar-refractivity contribution is 14.0. The Morgan fingerprint density at radius 3 is 2.77 bits per heavy atom. The highest BCUT2D eigenvalue weighted by Gasteiger charge is 2.28. The van der Waals surface area contributed by atoms with Gasteiger partial charge in [-0.15, -0.1) is 24.0 Å². The van der Waals surface area contributed by atoms with E-state index in [0.717, 1.165) is 57.2 Å². The van der Waals surface area contributed by atoms with Gasteiger partial charge in [0.15, 0.2) is 5.96 Å². The molecule has 30 heavy (non-hydrogen) atoms. The maximum Gasteiger partial charge on any atom is 0.194 e. The summed E-state index contributed by atoms with van der Waals surface area (Å²) in [6.07, 6.45) is 6.96. The van der Waals surface area contributed by atoms with Crippen LogP contribution in [0, 0.1) is 11.7 Å². The van der Waals surface area contributed by atoms with Crippen LogP contribution in [0.4, 0.5) is 4.39 Å². The highest BCUT2D eigenvalue weighted by atomic mass is 127. The first-order chi connectivity index (χ1) is 14.1. The molecule has 2 aromatic rings. The Hall–Kier alpha value is -1.68. The van der Waals surface area contributed by atoms with Crippen LogP contribution < -0.4 is 5.32 Å². The summed E-state index contributed by atoms with van der Waals surface area (Å²) < 4.78 is 15.3. The van der Waals surface area contributed by atoms with Gasteiger partial charge in [-0.3, -0.25) is 4.99 Å². The molecule has 2 unspecified atom stereocenters. The number of benzene rings is 1. The van der Waals surface area contributed by atoms with Gasteiger partial charge in [-0.1, -0.05) is 19.1 Å². The Morgan fingerprint density at radius 2 is 2.10 bits per heavy atom. The predicted octanol–water partition coefficient (Wildman–Crippen LogP) is 3.62. The molecule has 0 saturated carbocycles. The fourth-order valence-corrected chi connectivity index (χ4v) is 3.83. The number of halogens is 2. The molecule has 2 heterocycles. The van der Waals surface area contributed by atoms with Crippen LogP contribution in [0.15, 0.2) is 48.0 Å². The molecule has 1 aliphatic rings. The Labute approximate surface area is 196 Å². The smallest absolute Gasteiger partial charge is 0.194 e. The lowest BCUT2D eigenvalue weighted by Gasteiger charge is -2.39. The van der Waals surface area contributed by atoms with Crippen molar-refractivity contribution >= 4 is 29.9 Å². The van der Waals surface area contributed by atoms with Gasteiger partial charge in [-0.25, -0.2) is 9.37 Å². The van der Waals surface area contributed by atoms with E-state index in [1.54, 1.807) is 0 Å². The molecular weight excluding hydrogens is 494 g/mol. The molecule has 0 spiro atoms. The Kier molecular flexibility index (Phi) is 10.0. The van der Waals surface area contributed by atoms with Crippen molar-refractivity contribution in [3.63, 3.8) is 0 Å². The number of aromatic nitrogens is 2. The van der Waals surface area contributed by atoms with E-state index in [-0.39, 0.29) is 29.8 Å². The topological polar surface area (TPSA) is 48.7 Å². The second kappa shape index (κ2) is 12.2. The van der Waals surface area contributed by atoms with Gasteiger partial charge < -0.3 is 19.7 Å². The zero-order valence-electron chi connectivity index (χ0n) is 18.2. The summed E-state index contributed by atoms with van der Waals surface area (Å²) >= 11 is 0. The van der Waals surface area contributed by atoms with Crippen LogP contribution in [0.1, 0.15) is 31.9 Å². The second-order valence-electron chi connectivity index (χ2n) is 7.89. The van der Waals surface area contributed by atoms with Gasteiger partial charge in [0.05, 0.1) is 18.9 Å². The average molecular weight is 528 g/mol. The van der Waals surface area contributed by atoms with Crippen molar-refractivity contribution < 1.29 is 4.39 Å². The summed E-state index contributed by atoms with van der Waals surface area (Å²) in [6, 6.07) is 7.11. The third-order valence-corrected chi connectivity index (χ3v) is 5.57. The lowest BCUT2D eigenvalue weighted by Crippen LogP contribution is -2.49. The lowest BCUT2D eigenvalue weighted by molar-refractivity contribution is 0.189. The standard InChI is InChI=1S/C22H33FN6.HI/c1-4-25-22(26-11-13-27(3)15-19-5-7-20(23)8-6-19)28-12-9-18(2)21(16-28)29-14-10-24-17-29;/h5-8,10,14,17-18,21H,4,9,11-13,15-16H2,1-3H3,(H,25,26);1H. The molecule has 0 bridgehead atoms. The van der Waals surface area contributed by atoms with Crippen molar-refractivity contribution in [1.82, 2.24) is 24.7 Å². The van der Waals surface area contributed by atoms with E-state index >= 15 is 0 Å². The average Bonchev–Trinajstić information content (AvgIpc) is 3.24. The number of nitrogens with one attached hydrogen (secondary N) is 1. The van der Waals surface area contributed by atoms with Gasteiger partial charge in [0, 0.05) is 45.1 Å². The number of hydrogen-bond acceptors (Lipinski definition) is 3. The van der Waals surface area contributed by atoms with Gasteiger partial charge >= 0.3 is 0 Å². The molecule has 8 heteroatoms. The minimum absolute atomic E-state index is 0. The Morgan fingerprint density at radius 1 is 1.33 bits per heavy atom. The molecule has 0 aliphatic carbocycles. The van der Waals surface area contributed by atoms with Crippen molar-refractivity contribution in [2.24, 2.45) is 10.9 Å². The predicted molar refractivity (Wildman–Crippen MR) is 131 cm³/mol. The zero-order valence-corrected chi connectivity index (χ0v) is 20.5. The third-order valence-electron chi connectivity index (χ3n) is 5.57. The number of aliphatic imine (C=N–C) groups is 1. The monoisotopic (exact) mass is 528 g/mol. The normalized spacial score (nSPS) is 19.6. The van der Waals surface area contributed by atoms with Crippen molar-refractivity contribution in [3.05, 3.63) is 54.4 Å². The van der Waals surface area contributed by atoms with Crippen molar-refractivity contribution in [1.29, 1.82) is 0 Å². The number of likely N-dealkylation sites (N-methyl/N-ethyl adjacent to an activating group) is 1. The maximum atomic E-state index is 13.1. The molecule has 1 N–H and O–H groups in total. The molecule has 0 amide bonds. The molecule has 166 valence electrons. The molecule has 1 aromatic heterocycles. The maximum absolute atomic E-state index is 13.1. The summed E-state index contributed by atoms with van der Waals surface area (Å²) in [4.78, 5) is 13.7. The molecule has 1 aromatic carbocycles. The number of guanidine groups is 1. The van der Waals surface area contributed by atoms with E-state index in [2.05, 4.69) is 51.8 Å². The summed E-state index contributed by atoms with van der Waals surface area (Å²) in [6.45, 7) is 9.59. The van der Waals surface area contributed by atoms with Crippen molar-refractivity contribution in [2.45, 2.75) is 32.9 Å². The van der Waals surface area contributed by atoms with Gasteiger partial charge in [-0.2, -0.15) is 0 Å². The van der Waals surface area contributed by atoms with Crippen LogP contribution in [0.25, 0.3) is 0 Å². The van der Waals surface area contributed by atoms with Crippen LogP contribution in [-0.2, 0) is 6.54 Å². The summed E-state index contributed by atoms with van der Waals surface area (Å²) in [5, 5.41) is 3.45. The summed E-state index contributed by atoms with van der Waals surface area (Å²) in [5.41, 5.74) is 1.11. The molecule has 3 rings (SSSR count). The first-order valence-electron chi connectivity index (χ1n) is 10.5. The van der Waals surface area contributed by atoms with Gasteiger partial charge in [0.2, 0.25) is 0 Å². The lowest BCUT2D eigenvalue weighted by atomic mass is 9.93. The first-order valence-corrected chi connectivity index (χ1v) is 10.5. The first kappa shape index (κ1) is 24.6. The molecule has 1 aliphatic heterocycles. The number of nitrogens with zero attached hydrogens (tertiary/aromatic N) is 5. The Balaban J connectivity index is 0.00000320. The van der Waals surface area contributed by atoms with E-state index < -0.39 is 0 Å². The fourth-order valence-electron chi connectivity index (χ4n) is 3.83. The van der Waals surface area contributed by atoms with Crippen LogP contribution in [0.2, 0.25) is 0 Å². The minimum Gasteiger partial charge on any atom is -0.357 e. The molecule has 1 saturated heterocycles. The number of imidazole rings is 1. The third kappa shape index (κ3) is 6.94. The second-order valence-corrected chi connectivity index (χ2v) is 7.89. The van der Waals surface area contributed by atoms with Crippen molar-refractivity contribution in [2.75, 3.05) is 39.8 Å². The highest BCUT2D eigenvalue weighted by Crippen LogP contribution is 2.27. The number of piperidine rings is 1. The number of likely N-dealkylation sites (tertiary alicyclic amines) is 1. The van der Waals surface area contributed by atoms with E-state index in [1.165, 1.54) is 12.1 Å². The minimum atomic E-state index is -0.193. The zero-order chi connectivity index (χ0) is 20.6. The molecular formula is C22H34FIN6. The van der Waals surface area contributed by atoms with Crippen LogP contribution >= 0.6 is 24.0 Å². The van der Waals surface area contributed by atoms with Crippen molar-refractivity contribution in [3.8, 4) is 0 Å². The number of hydrogen-bond donors (Lipinski definition) is 1. The quantitative estimate of drug-likeness (QED) is 0.339. The summed E-state index contributed by atoms with van der Waals surface area (Å²) in [5.74, 6) is 1.41. The van der Waals surface area contributed by atoms with E-state index in [9.17, 15) is 4.39 Å². The van der Waals surface area contributed by atoms with Crippen LogP contribution in [0.3, 0.4) is 0 Å². The van der Waals surface area contributed by atoms with Crippen LogP contribution in [-0.4, -0.2) is 65.1 Å². The fraction of sp³-hybridized carbons (Fsp3) is 0.545. The van der Waals surface area contributed by atoms with E-state index in [0.29, 0.717) is 12.0 Å². The van der Waals surface area contributed by atoms with Crippen LogP contribution in [0.5, 0.6) is 0 Å². The molecule has 0 radical (unpaired) electrons. The Bertz CT molecular complexity index is 764. The largest absolute Gasteiger partial charge is 0.357 e. The van der Waals surface area contributed by atoms with Gasteiger partial charge in [0.1, 0.15) is 5.82 Å². The molecule has 6 nitrogen and oxygen atoms in total. The molecule has 1 fully saturated rings. The van der Waals surface area contributed by atoms with Gasteiger partial charge in [0.25, 0.3) is 0 Å².